The third kappa shape index (κ3) is 12.2. The fourth-order valence-electron chi connectivity index (χ4n) is 4.77. The van der Waals surface area contributed by atoms with Crippen LogP contribution >= 0.6 is 0 Å². The zero-order chi connectivity index (χ0) is 35.1. The van der Waals surface area contributed by atoms with E-state index in [4.69, 9.17) is 21.1 Å². The minimum absolute atomic E-state index is 0.0775. The van der Waals surface area contributed by atoms with Gasteiger partial charge in [-0.25, -0.2) is 15.1 Å². The number of para-hydroxylation sites is 1. The number of alkyl carbamates (subject to hydrolysis) is 1. The van der Waals surface area contributed by atoms with Gasteiger partial charge in [-0.2, -0.15) is 5.90 Å². The number of rotatable bonds is 16. The zero-order valence-corrected chi connectivity index (χ0v) is 27.4. The molecule has 0 radical (unpaired) electrons. The maximum atomic E-state index is 13.8. The average Bonchev–Trinajstić information content (AvgIpc) is 3.46. The maximum Gasteiger partial charge on any atom is 0.408 e. The van der Waals surface area contributed by atoms with E-state index >= 15 is 0 Å². The summed E-state index contributed by atoms with van der Waals surface area (Å²) in [4.78, 5) is 68.5. The van der Waals surface area contributed by atoms with Crippen molar-refractivity contribution in [1.82, 2.24) is 26.4 Å². The molecule has 3 atom stereocenters. The molecule has 0 unspecified atom stereocenters. The van der Waals surface area contributed by atoms with Crippen LogP contribution in [0.25, 0.3) is 10.9 Å². The summed E-state index contributed by atoms with van der Waals surface area (Å²) in [5.41, 5.74) is 9.42. The lowest BCUT2D eigenvalue weighted by Crippen LogP contribution is -2.56. The normalized spacial score (nSPS) is 13.6. The van der Waals surface area contributed by atoms with E-state index < -0.39 is 47.6 Å². The van der Waals surface area contributed by atoms with Crippen LogP contribution in [0.4, 0.5) is 4.79 Å². The molecule has 3 aromatic rings. The third-order valence-electron chi connectivity index (χ3n) is 6.95. The van der Waals surface area contributed by atoms with E-state index in [-0.39, 0.29) is 38.2 Å². The van der Waals surface area contributed by atoms with Gasteiger partial charge in [0.05, 0.1) is 7.11 Å². The number of benzene rings is 2. The first-order chi connectivity index (χ1) is 22.9. The lowest BCUT2D eigenvalue weighted by molar-refractivity contribution is -0.326. The number of nitrogens with zero attached hydrogens (tertiary/aromatic N) is 1. The molecule has 48 heavy (non-hydrogen) atoms. The second kappa shape index (κ2) is 18.2. The predicted molar refractivity (Wildman–Crippen MR) is 176 cm³/mol. The van der Waals surface area contributed by atoms with Crippen LogP contribution in [0.1, 0.15) is 44.7 Å². The van der Waals surface area contributed by atoms with Crippen LogP contribution in [-0.2, 0) is 46.7 Å². The van der Waals surface area contributed by atoms with Crippen LogP contribution < -0.4 is 33.1 Å². The molecule has 2 aromatic carbocycles. The van der Waals surface area contributed by atoms with Crippen molar-refractivity contribution in [2.45, 2.75) is 70.2 Å². The number of hydroxylamine groups is 1. The number of carbonyl (C=O) groups excluding carboxylic acids is 4. The summed E-state index contributed by atoms with van der Waals surface area (Å²) >= 11 is 0. The van der Waals surface area contributed by atoms with E-state index in [0.29, 0.717) is 0 Å². The van der Waals surface area contributed by atoms with E-state index in [1.54, 1.807) is 39.1 Å². The number of hydrogen-bond acceptors (Lipinski definition) is 10. The van der Waals surface area contributed by atoms with Crippen molar-refractivity contribution >= 4 is 40.7 Å². The summed E-state index contributed by atoms with van der Waals surface area (Å²) in [6.07, 6.45) is 1.53. The Morgan fingerprint density at radius 2 is 1.56 bits per heavy atom. The standard InChI is InChI=1S/C32H44N8O8/c1-32(2,3)46-31(44)39-25(17-20-11-6-5-7-12-20)28(42)37-24(15-10-16-35-30(33)40-48-47-34)27(41)38-26(29(43)45-4)18-21-19-36-23-14-9-8-13-22(21)23/h5-9,11-14,19,24-26,36H,10,15-18,34H2,1-4H3,(H,37,42)(H,38,41)(H,39,44)(H3,33,35,40)/t24-,25+,26-/m0/s1. The minimum atomic E-state index is -1.15. The zero-order valence-electron chi connectivity index (χ0n) is 27.4. The van der Waals surface area contributed by atoms with Crippen molar-refractivity contribution in [2.24, 2.45) is 16.6 Å². The summed E-state index contributed by atoms with van der Waals surface area (Å²) in [5.74, 6) is 2.68. The monoisotopic (exact) mass is 668 g/mol. The molecule has 0 saturated carbocycles. The highest BCUT2D eigenvalue weighted by atomic mass is 17.3. The predicted octanol–water partition coefficient (Wildman–Crippen LogP) is 1.41. The number of amides is 3. The number of esters is 1. The maximum absolute atomic E-state index is 13.8. The van der Waals surface area contributed by atoms with Crippen LogP contribution in [-0.4, -0.2) is 72.2 Å². The first-order valence-electron chi connectivity index (χ1n) is 15.3. The molecule has 1 aromatic heterocycles. The molecule has 3 amide bonds. The van der Waals surface area contributed by atoms with Crippen LogP contribution in [0.5, 0.6) is 0 Å². The van der Waals surface area contributed by atoms with Gasteiger partial charge in [0, 0.05) is 36.5 Å². The van der Waals surface area contributed by atoms with Gasteiger partial charge in [0.2, 0.25) is 17.8 Å². The molecule has 0 bridgehead atoms. The van der Waals surface area contributed by atoms with Gasteiger partial charge in [-0.05, 0) is 50.8 Å². The number of nitrogens with two attached hydrogens (primary N) is 2. The molecule has 0 spiro atoms. The molecule has 16 nitrogen and oxygen atoms in total. The quantitative estimate of drug-likeness (QED) is 0.0288. The summed E-state index contributed by atoms with van der Waals surface area (Å²) in [7, 11) is 1.22. The Morgan fingerprint density at radius 3 is 2.25 bits per heavy atom. The highest BCUT2D eigenvalue weighted by Gasteiger charge is 2.31. The molecule has 260 valence electrons. The van der Waals surface area contributed by atoms with Gasteiger partial charge in [0.1, 0.15) is 23.7 Å². The van der Waals surface area contributed by atoms with Gasteiger partial charge in [0.15, 0.2) is 0 Å². The summed E-state index contributed by atoms with van der Waals surface area (Å²) in [6.45, 7) is 5.22. The van der Waals surface area contributed by atoms with Crippen molar-refractivity contribution < 1.29 is 38.6 Å². The molecule has 1 heterocycles. The highest BCUT2D eigenvalue weighted by molar-refractivity contribution is 5.93. The Morgan fingerprint density at radius 1 is 0.896 bits per heavy atom. The SMILES string of the molecule is COC(=O)[C@H](Cc1c[nH]c2ccccc12)NC(=O)[C@H](CCCN=C(N)NOON)NC(=O)[C@@H](Cc1ccccc1)NC(=O)OC(C)(C)C. The molecule has 3 rings (SSSR count). The van der Waals surface area contributed by atoms with E-state index in [0.717, 1.165) is 22.0 Å². The van der Waals surface area contributed by atoms with Crippen molar-refractivity contribution in [1.29, 1.82) is 0 Å². The van der Waals surface area contributed by atoms with Crippen LogP contribution in [0.15, 0.2) is 65.8 Å². The van der Waals surface area contributed by atoms with Crippen molar-refractivity contribution in [3.8, 4) is 0 Å². The van der Waals surface area contributed by atoms with Crippen molar-refractivity contribution in [2.75, 3.05) is 13.7 Å². The molecule has 16 heteroatoms. The number of hydrogen-bond donors (Lipinski definition) is 7. The topological polar surface area (TPSA) is 234 Å². The second-order valence-electron chi connectivity index (χ2n) is 11.8. The number of ether oxygens (including phenoxy) is 2. The van der Waals surface area contributed by atoms with Crippen LogP contribution in [0.3, 0.4) is 0 Å². The molecule has 9 N–H and O–H groups in total. The molecule has 0 aliphatic rings. The smallest absolute Gasteiger partial charge is 0.408 e. The van der Waals surface area contributed by atoms with Crippen molar-refractivity contribution in [3.63, 3.8) is 0 Å². The second-order valence-corrected chi connectivity index (χ2v) is 11.8. The molecule has 0 fully saturated rings. The fourth-order valence-corrected chi connectivity index (χ4v) is 4.77. The number of nitrogens with one attached hydrogen (secondary N) is 5. The number of carbonyl (C=O) groups is 4. The highest BCUT2D eigenvalue weighted by Crippen LogP contribution is 2.19. The number of guanidine groups is 1. The van der Waals surface area contributed by atoms with Gasteiger partial charge in [-0.15, -0.1) is 4.99 Å². The molecular formula is C32H44N8O8. The summed E-state index contributed by atoms with van der Waals surface area (Å²) in [6, 6.07) is 13.3. The number of aromatic amines is 1. The first kappa shape index (κ1) is 37.3. The first-order valence-corrected chi connectivity index (χ1v) is 15.3. The minimum Gasteiger partial charge on any atom is -0.467 e. The average molecular weight is 669 g/mol. The van der Waals surface area contributed by atoms with Crippen molar-refractivity contribution in [3.05, 3.63) is 71.9 Å². The van der Waals surface area contributed by atoms with Gasteiger partial charge in [-0.3, -0.25) is 14.6 Å². The van der Waals surface area contributed by atoms with Gasteiger partial charge in [-0.1, -0.05) is 53.5 Å². The van der Waals surface area contributed by atoms with Crippen LogP contribution in [0, 0.1) is 0 Å². The summed E-state index contributed by atoms with van der Waals surface area (Å²) < 4.78 is 10.4. The largest absolute Gasteiger partial charge is 0.467 e. The molecule has 0 aliphatic carbocycles. The number of methoxy groups -OCH3 is 1. The molecular weight excluding hydrogens is 624 g/mol. The van der Waals surface area contributed by atoms with Gasteiger partial charge >= 0.3 is 12.1 Å². The Hall–Kier alpha value is -5.19. The molecule has 0 aliphatic heterocycles. The Kier molecular flexibility index (Phi) is 14.2. The molecule has 0 saturated heterocycles. The van der Waals surface area contributed by atoms with E-state index in [1.165, 1.54) is 7.11 Å². The van der Waals surface area contributed by atoms with E-state index in [1.807, 2.05) is 42.5 Å². The number of aliphatic imine (C=N–C) groups is 1. The van der Waals surface area contributed by atoms with Gasteiger partial charge in [0.25, 0.3) is 0 Å². The Labute approximate surface area is 278 Å². The number of fused-ring (bicyclic) bond motifs is 1. The third-order valence-corrected chi connectivity index (χ3v) is 6.95. The lowest BCUT2D eigenvalue weighted by Gasteiger charge is -2.26. The van der Waals surface area contributed by atoms with E-state index in [9.17, 15) is 19.2 Å². The van der Waals surface area contributed by atoms with Crippen LogP contribution in [0.2, 0.25) is 0 Å². The number of aromatic nitrogens is 1. The summed E-state index contributed by atoms with van der Waals surface area (Å²) in [5, 5.41) is 8.98. The fraction of sp³-hybridized carbons (Fsp3) is 0.406. The Bertz CT molecular complexity index is 1540. The lowest BCUT2D eigenvalue weighted by atomic mass is 10.0. The van der Waals surface area contributed by atoms with Gasteiger partial charge < -0.3 is 36.1 Å². The Balaban J connectivity index is 1.83. The van der Waals surface area contributed by atoms with E-state index in [2.05, 4.69) is 41.4 Å². The number of H-pyrrole nitrogens is 1.